The van der Waals surface area contributed by atoms with E-state index in [1.54, 1.807) is 12.4 Å². The van der Waals surface area contributed by atoms with Gasteiger partial charge in [0.2, 0.25) is 0 Å². The molecule has 3 nitrogen and oxygen atoms in total. The molecule has 1 atom stereocenters. The predicted molar refractivity (Wildman–Crippen MR) is 78.4 cm³/mol. The van der Waals surface area contributed by atoms with Crippen LogP contribution in [0.4, 0.5) is 0 Å². The fraction of sp³-hybridized carbons (Fsp3) is 0.294. The van der Waals surface area contributed by atoms with Gasteiger partial charge in [0.05, 0.1) is 6.04 Å². The Morgan fingerprint density at radius 3 is 2.80 bits per heavy atom. The molecule has 2 aromatic rings. The van der Waals surface area contributed by atoms with Crippen LogP contribution in [0, 0.1) is 6.92 Å². The van der Waals surface area contributed by atoms with Gasteiger partial charge in [-0.25, -0.2) is 0 Å². The molecule has 1 amide bonds. The highest BCUT2D eigenvalue weighted by atomic mass is 16.2. The highest BCUT2D eigenvalue weighted by molar-refractivity contribution is 5.94. The Morgan fingerprint density at radius 2 is 2.05 bits per heavy atom. The largest absolute Gasteiger partial charge is 0.332 e. The third-order valence-electron chi connectivity index (χ3n) is 3.87. The molecule has 1 aromatic heterocycles. The van der Waals surface area contributed by atoms with E-state index in [1.165, 1.54) is 5.56 Å². The number of carbonyl (C=O) groups excluding carboxylic acids is 1. The summed E-state index contributed by atoms with van der Waals surface area (Å²) in [5.74, 6) is 0.132. The summed E-state index contributed by atoms with van der Waals surface area (Å²) in [5, 5.41) is 0. The second kappa shape index (κ2) is 5.45. The second-order valence-electron chi connectivity index (χ2n) is 5.31. The van der Waals surface area contributed by atoms with Crippen molar-refractivity contribution < 1.29 is 4.79 Å². The maximum absolute atomic E-state index is 12.7. The fourth-order valence-corrected chi connectivity index (χ4v) is 2.89. The Bertz CT molecular complexity index is 609. The Morgan fingerprint density at radius 1 is 1.25 bits per heavy atom. The number of aryl methyl sites for hydroxylation is 1. The molecule has 0 unspecified atom stereocenters. The third kappa shape index (κ3) is 2.44. The lowest BCUT2D eigenvalue weighted by Crippen LogP contribution is -2.30. The number of benzene rings is 1. The maximum atomic E-state index is 12.7. The van der Waals surface area contributed by atoms with Gasteiger partial charge in [-0.15, -0.1) is 0 Å². The standard InChI is InChI=1S/C17H18N2O/c1-13-4-2-5-15(12-13)17(20)19-11-3-6-16(19)14-7-9-18-10-8-14/h2,4-5,7-10,12,16H,3,6,11H2,1H3/t16-/m1/s1. The van der Waals surface area contributed by atoms with Crippen LogP contribution in [-0.2, 0) is 0 Å². The molecule has 3 rings (SSSR count). The van der Waals surface area contributed by atoms with Crippen molar-refractivity contribution in [2.75, 3.05) is 6.54 Å². The lowest BCUT2D eigenvalue weighted by Gasteiger charge is -2.25. The third-order valence-corrected chi connectivity index (χ3v) is 3.87. The molecule has 20 heavy (non-hydrogen) atoms. The SMILES string of the molecule is Cc1cccc(C(=O)N2CCC[C@@H]2c2ccncc2)c1. The molecule has 0 aliphatic carbocycles. The smallest absolute Gasteiger partial charge is 0.254 e. The topological polar surface area (TPSA) is 33.2 Å². The van der Waals surface area contributed by atoms with Crippen LogP contribution >= 0.6 is 0 Å². The first-order chi connectivity index (χ1) is 9.75. The van der Waals surface area contributed by atoms with E-state index in [2.05, 4.69) is 4.98 Å². The number of hydrogen-bond acceptors (Lipinski definition) is 2. The Balaban J connectivity index is 1.87. The number of rotatable bonds is 2. The molecule has 0 bridgehead atoms. The van der Waals surface area contributed by atoms with Gasteiger partial charge >= 0.3 is 0 Å². The first-order valence-electron chi connectivity index (χ1n) is 7.03. The zero-order chi connectivity index (χ0) is 13.9. The molecule has 3 heteroatoms. The minimum absolute atomic E-state index is 0.132. The quantitative estimate of drug-likeness (QED) is 0.835. The van der Waals surface area contributed by atoms with Gasteiger partial charge in [-0.05, 0) is 49.6 Å². The van der Waals surface area contributed by atoms with Crippen LogP contribution in [0.25, 0.3) is 0 Å². The van der Waals surface area contributed by atoms with Gasteiger partial charge in [0.25, 0.3) is 5.91 Å². The van der Waals surface area contributed by atoms with Crippen molar-refractivity contribution in [2.45, 2.75) is 25.8 Å². The van der Waals surface area contributed by atoms with Crippen LogP contribution in [0.2, 0.25) is 0 Å². The Hall–Kier alpha value is -2.16. The Labute approximate surface area is 119 Å². The van der Waals surface area contributed by atoms with Crippen molar-refractivity contribution in [3.8, 4) is 0 Å². The van der Waals surface area contributed by atoms with Crippen LogP contribution in [0.5, 0.6) is 0 Å². The summed E-state index contributed by atoms with van der Waals surface area (Å²) in [6, 6.07) is 12.0. The van der Waals surface area contributed by atoms with Crippen molar-refractivity contribution in [1.29, 1.82) is 0 Å². The molecule has 1 fully saturated rings. The molecular weight excluding hydrogens is 248 g/mol. The van der Waals surface area contributed by atoms with Gasteiger partial charge < -0.3 is 4.90 Å². The lowest BCUT2D eigenvalue weighted by molar-refractivity contribution is 0.0735. The van der Waals surface area contributed by atoms with E-state index in [0.29, 0.717) is 0 Å². The lowest BCUT2D eigenvalue weighted by atomic mass is 10.0. The Kier molecular flexibility index (Phi) is 3.50. The summed E-state index contributed by atoms with van der Waals surface area (Å²) in [7, 11) is 0. The number of hydrogen-bond donors (Lipinski definition) is 0. The molecule has 1 aliphatic heterocycles. The average molecular weight is 266 g/mol. The van der Waals surface area contributed by atoms with Gasteiger partial charge in [0, 0.05) is 24.5 Å². The first-order valence-corrected chi connectivity index (χ1v) is 7.03. The zero-order valence-electron chi connectivity index (χ0n) is 11.6. The number of likely N-dealkylation sites (tertiary alicyclic amines) is 1. The van der Waals surface area contributed by atoms with Gasteiger partial charge in [-0.2, -0.15) is 0 Å². The molecule has 0 saturated carbocycles. The second-order valence-corrected chi connectivity index (χ2v) is 5.31. The van der Waals surface area contributed by atoms with Gasteiger partial charge in [0.1, 0.15) is 0 Å². The van der Waals surface area contributed by atoms with Crippen LogP contribution < -0.4 is 0 Å². The molecule has 0 radical (unpaired) electrons. The number of carbonyl (C=O) groups is 1. The molecule has 2 heterocycles. The van der Waals surface area contributed by atoms with Crippen LogP contribution in [0.15, 0.2) is 48.8 Å². The van der Waals surface area contributed by atoms with Gasteiger partial charge in [-0.1, -0.05) is 17.7 Å². The average Bonchev–Trinajstić information content (AvgIpc) is 2.97. The van der Waals surface area contributed by atoms with Crippen LogP contribution in [0.3, 0.4) is 0 Å². The van der Waals surface area contributed by atoms with Crippen molar-refractivity contribution >= 4 is 5.91 Å². The maximum Gasteiger partial charge on any atom is 0.254 e. The van der Waals surface area contributed by atoms with Crippen molar-refractivity contribution in [3.05, 3.63) is 65.5 Å². The highest BCUT2D eigenvalue weighted by Crippen LogP contribution is 2.32. The normalized spacial score (nSPS) is 18.2. The molecule has 0 N–H and O–H groups in total. The highest BCUT2D eigenvalue weighted by Gasteiger charge is 2.30. The van der Waals surface area contributed by atoms with E-state index < -0.39 is 0 Å². The number of nitrogens with zero attached hydrogens (tertiary/aromatic N) is 2. The number of amides is 1. The van der Waals surface area contributed by atoms with Crippen molar-refractivity contribution in [2.24, 2.45) is 0 Å². The molecule has 1 saturated heterocycles. The summed E-state index contributed by atoms with van der Waals surface area (Å²) >= 11 is 0. The van der Waals surface area contributed by atoms with Crippen molar-refractivity contribution in [1.82, 2.24) is 9.88 Å². The molecule has 0 spiro atoms. The summed E-state index contributed by atoms with van der Waals surface area (Å²) in [4.78, 5) is 18.7. The summed E-state index contributed by atoms with van der Waals surface area (Å²) in [5.41, 5.74) is 3.08. The van der Waals surface area contributed by atoms with Gasteiger partial charge in [-0.3, -0.25) is 9.78 Å². The van der Waals surface area contributed by atoms with Crippen LogP contribution in [0.1, 0.15) is 40.4 Å². The van der Waals surface area contributed by atoms with Gasteiger partial charge in [0.15, 0.2) is 0 Å². The monoisotopic (exact) mass is 266 g/mol. The van der Waals surface area contributed by atoms with Crippen molar-refractivity contribution in [3.63, 3.8) is 0 Å². The van der Waals surface area contributed by atoms with E-state index >= 15 is 0 Å². The molecule has 102 valence electrons. The zero-order valence-corrected chi connectivity index (χ0v) is 11.6. The molecule has 1 aliphatic rings. The van der Waals surface area contributed by atoms with Crippen LogP contribution in [-0.4, -0.2) is 22.3 Å². The molecular formula is C17H18N2O. The number of aromatic nitrogens is 1. The minimum atomic E-state index is 0.132. The van der Waals surface area contributed by atoms with E-state index in [0.717, 1.165) is 30.5 Å². The predicted octanol–water partition coefficient (Wildman–Crippen LogP) is 3.37. The fourth-order valence-electron chi connectivity index (χ4n) is 2.89. The summed E-state index contributed by atoms with van der Waals surface area (Å²) in [6.07, 6.45) is 5.68. The first kappa shape index (κ1) is 12.9. The summed E-state index contributed by atoms with van der Waals surface area (Å²) in [6.45, 7) is 2.85. The van der Waals surface area contributed by atoms with E-state index in [9.17, 15) is 4.79 Å². The number of pyridine rings is 1. The molecule has 1 aromatic carbocycles. The van der Waals surface area contributed by atoms with E-state index in [1.807, 2.05) is 48.2 Å². The summed E-state index contributed by atoms with van der Waals surface area (Å²) < 4.78 is 0. The van der Waals surface area contributed by atoms with E-state index in [4.69, 9.17) is 0 Å². The van der Waals surface area contributed by atoms with E-state index in [-0.39, 0.29) is 11.9 Å². The minimum Gasteiger partial charge on any atom is -0.332 e.